The van der Waals surface area contributed by atoms with Crippen molar-refractivity contribution in [3.8, 4) is 0 Å². The SMILES string of the molecule is C=CC(=O)CCC1=CC(=O)NC1=O. The minimum absolute atomic E-state index is 0.131. The lowest BCUT2D eigenvalue weighted by atomic mass is 10.1. The highest BCUT2D eigenvalue weighted by Crippen LogP contribution is 2.10. The van der Waals surface area contributed by atoms with Gasteiger partial charge in [-0.2, -0.15) is 0 Å². The average Bonchev–Trinajstić information content (AvgIpc) is 2.41. The third kappa shape index (κ3) is 2.37. The van der Waals surface area contributed by atoms with Gasteiger partial charge in [-0.1, -0.05) is 6.58 Å². The average molecular weight is 179 g/mol. The molecule has 68 valence electrons. The lowest BCUT2D eigenvalue weighted by Gasteiger charge is -1.95. The fourth-order valence-corrected chi connectivity index (χ4v) is 0.998. The van der Waals surface area contributed by atoms with Crippen molar-refractivity contribution in [1.82, 2.24) is 5.32 Å². The molecule has 0 radical (unpaired) electrons. The van der Waals surface area contributed by atoms with Gasteiger partial charge in [-0.05, 0) is 12.5 Å². The number of carbonyl (C=O) groups excluding carboxylic acids is 3. The molecule has 0 bridgehead atoms. The van der Waals surface area contributed by atoms with E-state index in [-0.39, 0.29) is 12.2 Å². The van der Waals surface area contributed by atoms with Gasteiger partial charge in [0.25, 0.3) is 11.8 Å². The molecule has 0 atom stereocenters. The van der Waals surface area contributed by atoms with E-state index < -0.39 is 11.8 Å². The number of carbonyl (C=O) groups is 3. The highest BCUT2D eigenvalue weighted by molar-refractivity contribution is 6.16. The molecule has 0 unspecified atom stereocenters. The van der Waals surface area contributed by atoms with Gasteiger partial charge >= 0.3 is 0 Å². The second-order valence-electron chi connectivity index (χ2n) is 2.66. The molecular weight excluding hydrogens is 170 g/mol. The maximum atomic E-state index is 10.9. The molecule has 1 N–H and O–H groups in total. The maximum absolute atomic E-state index is 10.9. The molecule has 1 aliphatic rings. The molecule has 1 heterocycles. The molecule has 13 heavy (non-hydrogen) atoms. The summed E-state index contributed by atoms with van der Waals surface area (Å²) in [6.07, 6.45) is 2.94. The Morgan fingerprint density at radius 1 is 1.54 bits per heavy atom. The third-order valence-corrected chi connectivity index (χ3v) is 1.70. The number of ketones is 1. The first-order valence-corrected chi connectivity index (χ1v) is 3.84. The summed E-state index contributed by atoms with van der Waals surface area (Å²) in [5.41, 5.74) is 0.361. The summed E-state index contributed by atoms with van der Waals surface area (Å²) in [5, 5.41) is 2.10. The normalized spacial score (nSPS) is 15.2. The highest BCUT2D eigenvalue weighted by atomic mass is 16.2. The van der Waals surface area contributed by atoms with Gasteiger partial charge in [-0.3, -0.25) is 19.7 Å². The summed E-state index contributed by atoms with van der Waals surface area (Å²) in [4.78, 5) is 32.4. The fourth-order valence-electron chi connectivity index (χ4n) is 0.998. The van der Waals surface area contributed by atoms with Gasteiger partial charge in [0, 0.05) is 18.1 Å². The molecule has 0 saturated carbocycles. The van der Waals surface area contributed by atoms with Crippen LogP contribution in [0.5, 0.6) is 0 Å². The molecule has 1 rings (SSSR count). The van der Waals surface area contributed by atoms with Crippen LogP contribution in [0.25, 0.3) is 0 Å². The topological polar surface area (TPSA) is 63.2 Å². The molecule has 0 aromatic heterocycles. The van der Waals surface area contributed by atoms with Crippen LogP contribution in [0.2, 0.25) is 0 Å². The minimum Gasteiger partial charge on any atom is -0.295 e. The second kappa shape index (κ2) is 3.80. The zero-order valence-corrected chi connectivity index (χ0v) is 7.00. The first-order valence-electron chi connectivity index (χ1n) is 3.84. The van der Waals surface area contributed by atoms with Gasteiger partial charge in [0.15, 0.2) is 5.78 Å². The molecule has 4 heteroatoms. The van der Waals surface area contributed by atoms with Gasteiger partial charge in [0.2, 0.25) is 0 Å². The van der Waals surface area contributed by atoms with Gasteiger partial charge in [-0.25, -0.2) is 0 Å². The number of allylic oxidation sites excluding steroid dienone is 1. The molecule has 4 nitrogen and oxygen atoms in total. The summed E-state index contributed by atoms with van der Waals surface area (Å²) in [6, 6.07) is 0. The van der Waals surface area contributed by atoms with Crippen molar-refractivity contribution in [3.05, 3.63) is 24.3 Å². The Kier molecular flexibility index (Phi) is 2.74. The van der Waals surface area contributed by atoms with Crippen LogP contribution in [-0.4, -0.2) is 17.6 Å². The number of nitrogens with one attached hydrogen (secondary N) is 1. The van der Waals surface area contributed by atoms with Crippen LogP contribution in [0.4, 0.5) is 0 Å². The summed E-state index contributed by atoms with van der Waals surface area (Å²) in [6.45, 7) is 3.30. The van der Waals surface area contributed by atoms with Crippen molar-refractivity contribution in [3.63, 3.8) is 0 Å². The lowest BCUT2D eigenvalue weighted by Crippen LogP contribution is -2.22. The first-order chi connectivity index (χ1) is 6.13. The van der Waals surface area contributed by atoms with Gasteiger partial charge in [0.05, 0.1) is 0 Å². The predicted molar refractivity (Wildman–Crippen MR) is 45.7 cm³/mol. The lowest BCUT2D eigenvalue weighted by molar-refractivity contribution is -0.123. The van der Waals surface area contributed by atoms with E-state index in [2.05, 4.69) is 11.9 Å². The van der Waals surface area contributed by atoms with E-state index in [1.165, 1.54) is 12.2 Å². The molecule has 0 fully saturated rings. The predicted octanol–water partition coefficient (Wildman–Crippen LogP) is 0.104. The van der Waals surface area contributed by atoms with E-state index in [0.29, 0.717) is 12.0 Å². The van der Waals surface area contributed by atoms with Crippen molar-refractivity contribution >= 4 is 17.6 Å². The molecular formula is C9H9NO3. The standard InChI is InChI=1S/C9H9NO3/c1-2-7(11)4-3-6-5-8(12)10-9(6)13/h2,5H,1,3-4H2,(H,10,12,13). The van der Waals surface area contributed by atoms with Gasteiger partial charge in [0.1, 0.15) is 0 Å². The summed E-state index contributed by atoms with van der Waals surface area (Å²) < 4.78 is 0. The fraction of sp³-hybridized carbons (Fsp3) is 0.222. The largest absolute Gasteiger partial charge is 0.295 e. The van der Waals surface area contributed by atoms with Crippen molar-refractivity contribution < 1.29 is 14.4 Å². The van der Waals surface area contributed by atoms with E-state index in [4.69, 9.17) is 0 Å². The van der Waals surface area contributed by atoms with Crippen LogP contribution in [0.1, 0.15) is 12.8 Å². The number of hydrogen-bond acceptors (Lipinski definition) is 3. The van der Waals surface area contributed by atoms with E-state index in [0.717, 1.165) is 0 Å². The summed E-state index contributed by atoms with van der Waals surface area (Å²) in [5.74, 6) is -0.944. The molecule has 0 spiro atoms. The van der Waals surface area contributed by atoms with Crippen LogP contribution in [0.15, 0.2) is 24.3 Å². The van der Waals surface area contributed by atoms with Gasteiger partial charge < -0.3 is 0 Å². The molecule has 1 aliphatic heterocycles. The summed E-state index contributed by atoms with van der Waals surface area (Å²) in [7, 11) is 0. The number of rotatable bonds is 4. The molecule has 0 aliphatic carbocycles. The van der Waals surface area contributed by atoms with Crippen molar-refractivity contribution in [2.75, 3.05) is 0 Å². The zero-order valence-electron chi connectivity index (χ0n) is 7.00. The van der Waals surface area contributed by atoms with Crippen molar-refractivity contribution in [1.29, 1.82) is 0 Å². The van der Waals surface area contributed by atoms with E-state index in [1.807, 2.05) is 0 Å². The molecule has 0 aromatic rings. The number of imide groups is 1. The van der Waals surface area contributed by atoms with Crippen LogP contribution >= 0.6 is 0 Å². The third-order valence-electron chi connectivity index (χ3n) is 1.70. The van der Waals surface area contributed by atoms with Crippen LogP contribution in [0, 0.1) is 0 Å². The quantitative estimate of drug-likeness (QED) is 0.492. The Morgan fingerprint density at radius 3 is 2.69 bits per heavy atom. The number of amides is 2. The highest BCUT2D eigenvalue weighted by Gasteiger charge is 2.20. The van der Waals surface area contributed by atoms with E-state index in [1.54, 1.807) is 0 Å². The maximum Gasteiger partial charge on any atom is 0.254 e. The van der Waals surface area contributed by atoms with Crippen LogP contribution < -0.4 is 5.32 Å². The molecule has 2 amide bonds. The number of hydrogen-bond donors (Lipinski definition) is 1. The second-order valence-corrected chi connectivity index (χ2v) is 2.66. The summed E-state index contributed by atoms with van der Waals surface area (Å²) >= 11 is 0. The van der Waals surface area contributed by atoms with E-state index >= 15 is 0 Å². The van der Waals surface area contributed by atoms with Crippen molar-refractivity contribution in [2.45, 2.75) is 12.8 Å². The monoisotopic (exact) mass is 179 g/mol. The Balaban J connectivity index is 2.50. The van der Waals surface area contributed by atoms with Gasteiger partial charge in [-0.15, -0.1) is 0 Å². The minimum atomic E-state index is -0.411. The Hall–Kier alpha value is -1.71. The smallest absolute Gasteiger partial charge is 0.254 e. The first kappa shape index (κ1) is 9.38. The van der Waals surface area contributed by atoms with Crippen LogP contribution in [0.3, 0.4) is 0 Å². The molecule has 0 saturated heterocycles. The van der Waals surface area contributed by atoms with Crippen LogP contribution in [-0.2, 0) is 14.4 Å². The Morgan fingerprint density at radius 2 is 2.23 bits per heavy atom. The zero-order chi connectivity index (χ0) is 9.84. The Labute approximate surface area is 75.3 Å². The van der Waals surface area contributed by atoms with E-state index in [9.17, 15) is 14.4 Å². The van der Waals surface area contributed by atoms with Crippen molar-refractivity contribution in [2.24, 2.45) is 0 Å². The molecule has 0 aromatic carbocycles. The Bertz CT molecular complexity index is 315.